The zero-order chi connectivity index (χ0) is 18.6. The van der Waals surface area contributed by atoms with Crippen molar-refractivity contribution in [2.45, 2.75) is 57.8 Å². The van der Waals surface area contributed by atoms with E-state index in [0.717, 1.165) is 36.3 Å². The van der Waals surface area contributed by atoms with Crippen LogP contribution in [0.25, 0.3) is 11.5 Å². The molecule has 0 bridgehead atoms. The molecule has 2 aromatic rings. The van der Waals surface area contributed by atoms with Gasteiger partial charge in [0.05, 0.1) is 6.54 Å². The van der Waals surface area contributed by atoms with E-state index in [4.69, 9.17) is 9.41 Å². The first-order valence-corrected chi connectivity index (χ1v) is 10.0. The Bertz CT molecular complexity index is 768. The number of nitrogens with zero attached hydrogens (tertiary/aromatic N) is 3. The second-order valence-electron chi connectivity index (χ2n) is 7.56. The van der Waals surface area contributed by atoms with Crippen LogP contribution in [0.3, 0.4) is 0 Å². The van der Waals surface area contributed by atoms with Crippen LogP contribution in [0.4, 0.5) is 0 Å². The molecule has 27 heavy (non-hydrogen) atoms. The smallest absolute Gasteiger partial charge is 0.226 e. The van der Waals surface area contributed by atoms with Gasteiger partial charge in [0.1, 0.15) is 12.0 Å². The van der Waals surface area contributed by atoms with Crippen molar-refractivity contribution in [2.24, 2.45) is 4.99 Å². The van der Waals surface area contributed by atoms with Crippen molar-refractivity contribution in [3.05, 3.63) is 42.3 Å². The number of rotatable bonds is 6. The normalized spacial score (nSPS) is 23.6. The Hall–Kier alpha value is -2.34. The lowest BCUT2D eigenvalue weighted by molar-refractivity contribution is 0.256. The van der Waals surface area contributed by atoms with E-state index in [2.05, 4.69) is 34.4 Å². The highest BCUT2D eigenvalue weighted by molar-refractivity contribution is 5.80. The van der Waals surface area contributed by atoms with E-state index in [1.54, 1.807) is 6.26 Å². The molecule has 1 aromatic heterocycles. The molecule has 2 N–H and O–H groups in total. The Morgan fingerprint density at radius 1 is 1.30 bits per heavy atom. The summed E-state index contributed by atoms with van der Waals surface area (Å²) in [5, 5.41) is 6.96. The minimum absolute atomic E-state index is 0.454. The SMILES string of the molecule is CCNC(=NCc1coc(-c2ccccc2)n1)NC1CC(C)N(C2CC2)C1. The molecule has 1 aromatic carbocycles. The number of likely N-dealkylation sites (tertiary alicyclic amines) is 1. The molecule has 0 radical (unpaired) electrons. The summed E-state index contributed by atoms with van der Waals surface area (Å²) < 4.78 is 5.61. The van der Waals surface area contributed by atoms with Crippen LogP contribution in [0.1, 0.15) is 38.8 Å². The van der Waals surface area contributed by atoms with Gasteiger partial charge in [-0.05, 0) is 45.2 Å². The third-order valence-electron chi connectivity index (χ3n) is 5.30. The van der Waals surface area contributed by atoms with Crippen molar-refractivity contribution in [3.63, 3.8) is 0 Å². The molecule has 0 amide bonds. The van der Waals surface area contributed by atoms with Crippen LogP contribution in [0.15, 0.2) is 46.0 Å². The van der Waals surface area contributed by atoms with Gasteiger partial charge in [0.25, 0.3) is 0 Å². The summed E-state index contributed by atoms with van der Waals surface area (Å²) in [6.45, 7) is 6.88. The molecule has 6 heteroatoms. The zero-order valence-corrected chi connectivity index (χ0v) is 16.2. The summed E-state index contributed by atoms with van der Waals surface area (Å²) in [4.78, 5) is 11.9. The Labute approximate surface area is 161 Å². The fourth-order valence-corrected chi connectivity index (χ4v) is 3.84. The first kappa shape index (κ1) is 18.0. The van der Waals surface area contributed by atoms with Crippen LogP contribution in [0, 0.1) is 0 Å². The van der Waals surface area contributed by atoms with Crippen LogP contribution in [-0.2, 0) is 6.54 Å². The summed E-state index contributed by atoms with van der Waals surface area (Å²) in [6.07, 6.45) is 5.59. The molecule has 144 valence electrons. The van der Waals surface area contributed by atoms with E-state index < -0.39 is 0 Å². The number of aliphatic imine (C=N–C) groups is 1. The lowest BCUT2D eigenvalue weighted by Gasteiger charge is -2.20. The fraction of sp³-hybridized carbons (Fsp3) is 0.524. The third kappa shape index (κ3) is 4.50. The van der Waals surface area contributed by atoms with Gasteiger partial charge in [0.15, 0.2) is 5.96 Å². The number of aromatic nitrogens is 1. The predicted octanol–water partition coefficient (Wildman–Crippen LogP) is 3.02. The van der Waals surface area contributed by atoms with Crippen molar-refractivity contribution in [3.8, 4) is 11.5 Å². The van der Waals surface area contributed by atoms with E-state index in [1.165, 1.54) is 19.3 Å². The molecule has 1 saturated heterocycles. The minimum Gasteiger partial charge on any atom is -0.444 e. The van der Waals surface area contributed by atoms with Gasteiger partial charge >= 0.3 is 0 Å². The number of guanidine groups is 1. The first-order chi connectivity index (χ1) is 13.2. The van der Waals surface area contributed by atoms with Gasteiger partial charge in [-0.3, -0.25) is 4.90 Å². The van der Waals surface area contributed by atoms with Crippen LogP contribution in [0.5, 0.6) is 0 Å². The molecular weight excluding hydrogens is 338 g/mol. The molecule has 2 fully saturated rings. The Morgan fingerprint density at radius 3 is 2.85 bits per heavy atom. The standard InChI is InChI=1S/C21H29N5O/c1-3-22-21(25-17-11-15(2)26(13-17)19-9-10-19)23-12-18-14-27-20(24-18)16-7-5-4-6-8-16/h4-8,14-15,17,19H,3,9-13H2,1-2H3,(H2,22,23,25). The highest BCUT2D eigenvalue weighted by Gasteiger charge is 2.38. The van der Waals surface area contributed by atoms with Gasteiger partial charge in [0.2, 0.25) is 5.89 Å². The quantitative estimate of drug-likeness (QED) is 0.607. The maximum atomic E-state index is 5.61. The average Bonchev–Trinajstić information content (AvgIpc) is 3.30. The third-order valence-corrected chi connectivity index (χ3v) is 5.30. The Morgan fingerprint density at radius 2 is 2.11 bits per heavy atom. The van der Waals surface area contributed by atoms with Crippen LogP contribution < -0.4 is 10.6 Å². The lowest BCUT2D eigenvalue weighted by atomic mass is 10.2. The molecule has 1 aliphatic heterocycles. The van der Waals surface area contributed by atoms with Crippen molar-refractivity contribution in [1.29, 1.82) is 0 Å². The Kier molecular flexibility index (Phi) is 5.43. The van der Waals surface area contributed by atoms with E-state index in [-0.39, 0.29) is 0 Å². The predicted molar refractivity (Wildman–Crippen MR) is 107 cm³/mol. The van der Waals surface area contributed by atoms with E-state index in [0.29, 0.717) is 24.5 Å². The van der Waals surface area contributed by atoms with Gasteiger partial charge in [-0.2, -0.15) is 0 Å². The molecule has 0 spiro atoms. The number of benzene rings is 1. The molecular formula is C21H29N5O. The molecule has 6 nitrogen and oxygen atoms in total. The largest absolute Gasteiger partial charge is 0.444 e. The van der Waals surface area contributed by atoms with E-state index in [1.807, 2.05) is 30.3 Å². The van der Waals surface area contributed by atoms with Crippen LogP contribution in [-0.4, -0.2) is 47.1 Å². The number of nitrogens with one attached hydrogen (secondary N) is 2. The number of hydrogen-bond acceptors (Lipinski definition) is 4. The number of oxazole rings is 1. The fourth-order valence-electron chi connectivity index (χ4n) is 3.84. The van der Waals surface area contributed by atoms with Gasteiger partial charge < -0.3 is 15.1 Å². The van der Waals surface area contributed by atoms with Gasteiger partial charge in [-0.1, -0.05) is 18.2 Å². The molecule has 1 aliphatic carbocycles. The summed E-state index contributed by atoms with van der Waals surface area (Å²) in [5.41, 5.74) is 1.82. The molecule has 2 unspecified atom stereocenters. The molecule has 4 rings (SSSR count). The van der Waals surface area contributed by atoms with Crippen molar-refractivity contribution >= 4 is 5.96 Å². The van der Waals surface area contributed by atoms with Crippen LogP contribution >= 0.6 is 0 Å². The highest BCUT2D eigenvalue weighted by atomic mass is 16.3. The molecule has 2 atom stereocenters. The number of hydrogen-bond donors (Lipinski definition) is 2. The first-order valence-electron chi connectivity index (χ1n) is 10.0. The summed E-state index contributed by atoms with van der Waals surface area (Å²) in [6, 6.07) is 11.9. The second-order valence-corrected chi connectivity index (χ2v) is 7.56. The van der Waals surface area contributed by atoms with Gasteiger partial charge in [0, 0.05) is 36.8 Å². The lowest BCUT2D eigenvalue weighted by Crippen LogP contribution is -2.44. The molecule has 2 aliphatic rings. The highest BCUT2D eigenvalue weighted by Crippen LogP contribution is 2.33. The zero-order valence-electron chi connectivity index (χ0n) is 16.2. The Balaban J connectivity index is 1.37. The summed E-state index contributed by atoms with van der Waals surface area (Å²) >= 11 is 0. The van der Waals surface area contributed by atoms with Gasteiger partial charge in [-0.25, -0.2) is 9.98 Å². The molecule has 1 saturated carbocycles. The van der Waals surface area contributed by atoms with Crippen molar-refractivity contribution < 1.29 is 4.42 Å². The van der Waals surface area contributed by atoms with Gasteiger partial charge in [-0.15, -0.1) is 0 Å². The minimum atomic E-state index is 0.454. The maximum Gasteiger partial charge on any atom is 0.226 e. The molecule has 2 heterocycles. The van der Waals surface area contributed by atoms with E-state index in [9.17, 15) is 0 Å². The average molecular weight is 367 g/mol. The monoisotopic (exact) mass is 367 g/mol. The van der Waals surface area contributed by atoms with Crippen molar-refractivity contribution in [1.82, 2.24) is 20.5 Å². The van der Waals surface area contributed by atoms with Crippen LogP contribution in [0.2, 0.25) is 0 Å². The topological polar surface area (TPSA) is 65.7 Å². The second kappa shape index (κ2) is 8.13. The summed E-state index contributed by atoms with van der Waals surface area (Å²) in [7, 11) is 0. The maximum absolute atomic E-state index is 5.61. The summed E-state index contributed by atoms with van der Waals surface area (Å²) in [5.74, 6) is 1.50. The van der Waals surface area contributed by atoms with E-state index >= 15 is 0 Å². The van der Waals surface area contributed by atoms with Crippen molar-refractivity contribution in [2.75, 3.05) is 13.1 Å².